The Morgan fingerprint density at radius 3 is 2.50 bits per heavy atom. The van der Waals surface area contributed by atoms with Gasteiger partial charge >= 0.3 is 12.5 Å². The lowest BCUT2D eigenvalue weighted by Gasteiger charge is -2.18. The van der Waals surface area contributed by atoms with Crippen LogP contribution in [0.4, 0.5) is 17.6 Å². The van der Waals surface area contributed by atoms with Crippen LogP contribution >= 0.6 is 15.9 Å². The van der Waals surface area contributed by atoms with Crippen LogP contribution in [0.1, 0.15) is 39.6 Å². The highest BCUT2D eigenvalue weighted by molar-refractivity contribution is 9.10. The van der Waals surface area contributed by atoms with Crippen molar-refractivity contribution in [3.8, 4) is 11.6 Å². The molecule has 34 heavy (non-hydrogen) atoms. The predicted octanol–water partition coefficient (Wildman–Crippen LogP) is 2.91. The number of hydrogen-bond acceptors (Lipinski definition) is 7. The van der Waals surface area contributed by atoms with E-state index < -0.39 is 36.1 Å². The van der Waals surface area contributed by atoms with Gasteiger partial charge in [0.25, 0.3) is 11.8 Å². The zero-order valence-corrected chi connectivity index (χ0v) is 19.1. The van der Waals surface area contributed by atoms with Gasteiger partial charge in [0.05, 0.1) is 6.04 Å². The van der Waals surface area contributed by atoms with E-state index in [1.54, 1.807) is 6.92 Å². The molecule has 0 bridgehead atoms. The molecule has 2 aromatic heterocycles. The van der Waals surface area contributed by atoms with Gasteiger partial charge in [0.2, 0.25) is 0 Å². The van der Waals surface area contributed by atoms with Crippen molar-refractivity contribution in [2.24, 2.45) is 0 Å². The average molecular weight is 546 g/mol. The third-order valence-corrected chi connectivity index (χ3v) is 4.74. The molecule has 15 heteroatoms. The van der Waals surface area contributed by atoms with Crippen LogP contribution in [0.15, 0.2) is 41.4 Å². The number of carbonyl (C=O) groups is 2. The van der Waals surface area contributed by atoms with Crippen molar-refractivity contribution in [3.63, 3.8) is 0 Å². The van der Waals surface area contributed by atoms with Gasteiger partial charge in [-0.25, -0.2) is 15.0 Å². The Morgan fingerprint density at radius 2 is 1.82 bits per heavy atom. The Kier molecular flexibility index (Phi) is 7.44. The molecule has 0 aliphatic carbocycles. The van der Waals surface area contributed by atoms with Gasteiger partial charge in [-0.1, -0.05) is 15.9 Å². The lowest BCUT2D eigenvalue weighted by atomic mass is 10.2. The number of nitrogens with zero attached hydrogens (tertiary/aromatic N) is 5. The van der Waals surface area contributed by atoms with Crippen LogP contribution in [-0.2, 0) is 0 Å². The molecular weight excluding hydrogens is 530 g/mol. The number of ether oxygens (including phenoxy) is 1. The van der Waals surface area contributed by atoms with E-state index in [1.807, 2.05) is 0 Å². The van der Waals surface area contributed by atoms with Gasteiger partial charge < -0.3 is 15.4 Å². The maximum atomic E-state index is 13.3. The van der Waals surface area contributed by atoms with E-state index in [4.69, 9.17) is 0 Å². The molecule has 2 heterocycles. The summed E-state index contributed by atoms with van der Waals surface area (Å²) in [5.41, 5.74) is -0.0656. The monoisotopic (exact) mass is 545 g/mol. The van der Waals surface area contributed by atoms with Crippen molar-refractivity contribution in [2.75, 3.05) is 7.05 Å². The Balaban J connectivity index is 1.82. The number of hydrogen-bond donors (Lipinski definition) is 2. The molecule has 0 saturated heterocycles. The standard InChI is InChI=1S/C19H16BrF4N7O3/c1-9(15-28-8-29-31(15)14-6-13(17(33)25-2)26-7-27-14)30-16(32)10-3-11(20)5-12(4-10)34-19(23,24)18(21)22/h3-9,18H,1-2H3,(H,25,33)(H,30,32)/t9-/m0/s1. The van der Waals surface area contributed by atoms with Crippen molar-refractivity contribution in [2.45, 2.75) is 25.5 Å². The summed E-state index contributed by atoms with van der Waals surface area (Å²) in [4.78, 5) is 36.6. The molecule has 0 saturated carbocycles. The van der Waals surface area contributed by atoms with Crippen LogP contribution in [0, 0.1) is 0 Å². The Morgan fingerprint density at radius 1 is 1.09 bits per heavy atom. The summed E-state index contributed by atoms with van der Waals surface area (Å²) in [6.07, 6.45) is -6.42. The third-order valence-electron chi connectivity index (χ3n) is 4.28. The molecule has 0 unspecified atom stereocenters. The fraction of sp³-hybridized carbons (Fsp3) is 0.263. The van der Waals surface area contributed by atoms with Crippen LogP contribution in [0.2, 0.25) is 0 Å². The highest BCUT2D eigenvalue weighted by atomic mass is 79.9. The highest BCUT2D eigenvalue weighted by Gasteiger charge is 2.44. The fourth-order valence-electron chi connectivity index (χ4n) is 2.74. The summed E-state index contributed by atoms with van der Waals surface area (Å²) >= 11 is 3.03. The maximum Gasteiger partial charge on any atom is 0.461 e. The summed E-state index contributed by atoms with van der Waals surface area (Å²) in [5.74, 6) is -1.39. The Bertz CT molecular complexity index is 1210. The van der Waals surface area contributed by atoms with E-state index in [0.717, 1.165) is 18.5 Å². The molecule has 3 rings (SSSR count). The molecule has 3 aromatic rings. The van der Waals surface area contributed by atoms with Gasteiger partial charge in [-0.3, -0.25) is 9.59 Å². The second kappa shape index (κ2) is 10.1. The van der Waals surface area contributed by atoms with E-state index in [1.165, 1.54) is 30.2 Å². The number of benzene rings is 1. The van der Waals surface area contributed by atoms with Gasteiger partial charge in [-0.2, -0.15) is 27.3 Å². The van der Waals surface area contributed by atoms with Crippen LogP contribution in [0.3, 0.4) is 0 Å². The summed E-state index contributed by atoms with van der Waals surface area (Å²) in [6, 6.07) is 3.80. The first kappa shape index (κ1) is 25.0. The minimum atomic E-state index is -4.73. The quantitative estimate of drug-likeness (QED) is 0.417. The van der Waals surface area contributed by atoms with Crippen molar-refractivity contribution < 1.29 is 31.9 Å². The van der Waals surface area contributed by atoms with Crippen LogP contribution < -0.4 is 15.4 Å². The fourth-order valence-corrected chi connectivity index (χ4v) is 3.21. The molecule has 10 nitrogen and oxygen atoms in total. The van der Waals surface area contributed by atoms with Gasteiger partial charge in [0.1, 0.15) is 24.1 Å². The lowest BCUT2D eigenvalue weighted by Crippen LogP contribution is -2.33. The zero-order chi connectivity index (χ0) is 25.0. The zero-order valence-electron chi connectivity index (χ0n) is 17.5. The molecule has 0 aliphatic heterocycles. The number of carbonyl (C=O) groups excluding carboxylic acids is 2. The first-order chi connectivity index (χ1) is 16.0. The molecule has 2 amide bonds. The molecule has 0 radical (unpaired) electrons. The minimum Gasteiger partial charge on any atom is -0.428 e. The van der Waals surface area contributed by atoms with E-state index in [9.17, 15) is 27.2 Å². The molecule has 1 aromatic carbocycles. The van der Waals surface area contributed by atoms with E-state index in [0.29, 0.717) is 0 Å². The molecular formula is C19H16BrF4N7O3. The maximum absolute atomic E-state index is 13.3. The summed E-state index contributed by atoms with van der Waals surface area (Å²) in [6.45, 7) is 1.57. The van der Waals surface area contributed by atoms with E-state index in [-0.39, 0.29) is 27.4 Å². The van der Waals surface area contributed by atoms with Crippen LogP contribution in [-0.4, -0.2) is 56.1 Å². The molecule has 0 aliphatic rings. The summed E-state index contributed by atoms with van der Waals surface area (Å²) in [5, 5.41) is 9.08. The second-order valence-corrected chi connectivity index (χ2v) is 7.62. The third kappa shape index (κ3) is 5.65. The summed E-state index contributed by atoms with van der Waals surface area (Å²) < 4.78 is 56.9. The first-order valence-corrected chi connectivity index (χ1v) is 10.2. The van der Waals surface area contributed by atoms with Crippen LogP contribution in [0.5, 0.6) is 5.75 Å². The lowest BCUT2D eigenvalue weighted by molar-refractivity contribution is -0.253. The Labute approximate surface area is 197 Å². The molecule has 1 atom stereocenters. The molecule has 2 N–H and O–H groups in total. The largest absolute Gasteiger partial charge is 0.461 e. The SMILES string of the molecule is CNC(=O)c1cc(-n2ncnc2[C@H](C)NC(=O)c2cc(Br)cc(OC(F)(F)C(F)F)c2)ncn1. The van der Waals surface area contributed by atoms with Gasteiger partial charge in [-0.05, 0) is 25.1 Å². The minimum absolute atomic E-state index is 0.0768. The van der Waals surface area contributed by atoms with Crippen molar-refractivity contribution >= 4 is 27.7 Å². The highest BCUT2D eigenvalue weighted by Crippen LogP contribution is 2.30. The number of aromatic nitrogens is 5. The molecule has 0 fully saturated rings. The Hall–Kier alpha value is -3.62. The van der Waals surface area contributed by atoms with Crippen molar-refractivity contribution in [1.82, 2.24) is 35.4 Å². The smallest absolute Gasteiger partial charge is 0.428 e. The normalized spacial score (nSPS) is 12.4. The summed E-state index contributed by atoms with van der Waals surface area (Å²) in [7, 11) is 1.44. The average Bonchev–Trinajstić information content (AvgIpc) is 3.28. The van der Waals surface area contributed by atoms with Crippen molar-refractivity contribution in [1.29, 1.82) is 0 Å². The van der Waals surface area contributed by atoms with Crippen molar-refractivity contribution in [3.05, 3.63) is 58.5 Å². The number of alkyl halides is 4. The number of amides is 2. The predicted molar refractivity (Wildman–Crippen MR) is 112 cm³/mol. The number of nitrogens with one attached hydrogen (secondary N) is 2. The number of halogens is 5. The molecule has 0 spiro atoms. The van der Waals surface area contributed by atoms with Crippen LogP contribution in [0.25, 0.3) is 5.82 Å². The van der Waals surface area contributed by atoms with Gasteiger partial charge in [0, 0.05) is 23.2 Å². The van der Waals surface area contributed by atoms with E-state index in [2.05, 4.69) is 51.4 Å². The first-order valence-electron chi connectivity index (χ1n) is 9.42. The van der Waals surface area contributed by atoms with E-state index >= 15 is 0 Å². The second-order valence-electron chi connectivity index (χ2n) is 6.71. The molecule has 180 valence electrons. The topological polar surface area (TPSA) is 124 Å². The number of rotatable bonds is 8. The van der Waals surface area contributed by atoms with Gasteiger partial charge in [-0.15, -0.1) is 0 Å². The van der Waals surface area contributed by atoms with Gasteiger partial charge in [0.15, 0.2) is 11.6 Å².